The molecule has 0 atom stereocenters. The summed E-state index contributed by atoms with van der Waals surface area (Å²) in [5.41, 5.74) is 6.55. The van der Waals surface area contributed by atoms with E-state index in [2.05, 4.69) is 26.2 Å². The van der Waals surface area contributed by atoms with Crippen molar-refractivity contribution in [3.63, 3.8) is 0 Å². The van der Waals surface area contributed by atoms with Gasteiger partial charge in [-0.3, -0.25) is 9.78 Å². The first-order valence-electron chi connectivity index (χ1n) is 5.52. The normalized spacial score (nSPS) is 10.3. The Bertz CT molecular complexity index is 598. The van der Waals surface area contributed by atoms with Gasteiger partial charge in [-0.05, 0) is 40.2 Å². The average molecular weight is 324 g/mol. The number of hydrogen-bond donors (Lipinski definition) is 2. The van der Waals surface area contributed by atoms with Gasteiger partial charge in [0, 0.05) is 22.8 Å². The molecular formula is C13H11BrFN3O. The number of carbonyl (C=O) groups is 1. The number of benzene rings is 1. The minimum atomic E-state index is -0.504. The third-order valence-electron chi connectivity index (χ3n) is 2.49. The third kappa shape index (κ3) is 3.15. The van der Waals surface area contributed by atoms with Crippen LogP contribution in [0.15, 0.2) is 41.0 Å². The van der Waals surface area contributed by atoms with Gasteiger partial charge in [-0.15, -0.1) is 0 Å². The van der Waals surface area contributed by atoms with E-state index in [0.717, 1.165) is 0 Å². The molecule has 1 amide bonds. The largest absolute Gasteiger partial charge is 0.325 e. The standard InChI is InChI=1S/C13H11BrFN3O/c14-10-2-1-3-11(15)12(10)18-13(19)8-4-5-17-9(6-8)7-16/h1-6H,7,16H2,(H,18,19). The van der Waals surface area contributed by atoms with Gasteiger partial charge in [0.25, 0.3) is 5.91 Å². The highest BCUT2D eigenvalue weighted by atomic mass is 79.9. The Kier molecular flexibility index (Phi) is 4.24. The zero-order valence-electron chi connectivity index (χ0n) is 9.86. The van der Waals surface area contributed by atoms with Gasteiger partial charge in [-0.25, -0.2) is 4.39 Å². The molecule has 3 N–H and O–H groups in total. The Morgan fingerprint density at radius 1 is 1.42 bits per heavy atom. The lowest BCUT2D eigenvalue weighted by atomic mass is 10.2. The van der Waals surface area contributed by atoms with Crippen molar-refractivity contribution in [2.24, 2.45) is 5.73 Å². The molecule has 1 aromatic heterocycles. The van der Waals surface area contributed by atoms with Crippen LogP contribution in [0.1, 0.15) is 16.1 Å². The predicted molar refractivity (Wildman–Crippen MR) is 74.2 cm³/mol. The molecule has 6 heteroatoms. The van der Waals surface area contributed by atoms with Crippen molar-refractivity contribution in [1.29, 1.82) is 0 Å². The SMILES string of the molecule is NCc1cc(C(=O)Nc2c(F)cccc2Br)ccn1. The molecule has 1 aromatic carbocycles. The lowest BCUT2D eigenvalue weighted by Gasteiger charge is -2.08. The van der Waals surface area contributed by atoms with Gasteiger partial charge in [-0.2, -0.15) is 0 Å². The summed E-state index contributed by atoms with van der Waals surface area (Å²) in [6.07, 6.45) is 1.49. The number of anilines is 1. The van der Waals surface area contributed by atoms with Crippen LogP contribution in [0.3, 0.4) is 0 Å². The van der Waals surface area contributed by atoms with Crippen LogP contribution >= 0.6 is 15.9 Å². The molecule has 2 aromatic rings. The highest BCUT2D eigenvalue weighted by molar-refractivity contribution is 9.10. The summed E-state index contributed by atoms with van der Waals surface area (Å²) >= 11 is 3.19. The van der Waals surface area contributed by atoms with Crippen LogP contribution in [0, 0.1) is 5.82 Å². The van der Waals surface area contributed by atoms with E-state index >= 15 is 0 Å². The van der Waals surface area contributed by atoms with Crippen molar-refractivity contribution in [2.45, 2.75) is 6.54 Å². The molecule has 0 saturated carbocycles. The van der Waals surface area contributed by atoms with Crippen molar-refractivity contribution in [1.82, 2.24) is 4.98 Å². The van der Waals surface area contributed by atoms with Crippen LogP contribution in [0.25, 0.3) is 0 Å². The minimum absolute atomic E-state index is 0.110. The number of para-hydroxylation sites is 1. The van der Waals surface area contributed by atoms with Crippen molar-refractivity contribution < 1.29 is 9.18 Å². The van der Waals surface area contributed by atoms with Crippen LogP contribution in [0.4, 0.5) is 10.1 Å². The summed E-state index contributed by atoms with van der Waals surface area (Å²) in [6, 6.07) is 7.59. The number of amides is 1. The molecule has 4 nitrogen and oxygen atoms in total. The van der Waals surface area contributed by atoms with E-state index in [4.69, 9.17) is 5.73 Å². The first-order valence-corrected chi connectivity index (χ1v) is 6.31. The molecule has 0 radical (unpaired) electrons. The number of nitrogens with one attached hydrogen (secondary N) is 1. The Hall–Kier alpha value is -1.79. The molecule has 0 saturated heterocycles. The van der Waals surface area contributed by atoms with Gasteiger partial charge in [-0.1, -0.05) is 6.07 Å². The maximum Gasteiger partial charge on any atom is 0.255 e. The topological polar surface area (TPSA) is 68.0 Å². The summed E-state index contributed by atoms with van der Waals surface area (Å²) in [7, 11) is 0. The maximum atomic E-state index is 13.6. The number of pyridine rings is 1. The van der Waals surface area contributed by atoms with E-state index in [1.54, 1.807) is 24.3 Å². The first kappa shape index (κ1) is 13.6. The van der Waals surface area contributed by atoms with Crippen molar-refractivity contribution in [3.05, 3.63) is 58.1 Å². The van der Waals surface area contributed by atoms with Crippen LogP contribution in [-0.4, -0.2) is 10.9 Å². The Morgan fingerprint density at radius 2 is 2.21 bits per heavy atom. The number of carbonyl (C=O) groups excluding carboxylic acids is 1. The summed E-state index contributed by atoms with van der Waals surface area (Å²) in [6.45, 7) is 0.241. The smallest absolute Gasteiger partial charge is 0.255 e. The van der Waals surface area contributed by atoms with Gasteiger partial charge in [0.15, 0.2) is 0 Å². The fourth-order valence-electron chi connectivity index (χ4n) is 1.53. The first-order chi connectivity index (χ1) is 9.11. The fourth-order valence-corrected chi connectivity index (χ4v) is 1.98. The number of rotatable bonds is 3. The Morgan fingerprint density at radius 3 is 2.89 bits per heavy atom. The quantitative estimate of drug-likeness (QED) is 0.912. The molecule has 0 aliphatic heterocycles. The van der Waals surface area contributed by atoms with Crippen LogP contribution in [-0.2, 0) is 6.54 Å². The summed E-state index contributed by atoms with van der Waals surface area (Å²) < 4.78 is 14.1. The summed E-state index contributed by atoms with van der Waals surface area (Å²) in [4.78, 5) is 16.0. The molecule has 0 bridgehead atoms. The number of halogens is 2. The predicted octanol–water partition coefficient (Wildman–Crippen LogP) is 2.69. The van der Waals surface area contributed by atoms with Crippen molar-refractivity contribution in [3.8, 4) is 0 Å². The second-order valence-corrected chi connectivity index (χ2v) is 4.65. The molecular weight excluding hydrogens is 313 g/mol. The highest BCUT2D eigenvalue weighted by Crippen LogP contribution is 2.25. The lowest BCUT2D eigenvalue weighted by molar-refractivity contribution is 0.102. The van der Waals surface area contributed by atoms with E-state index in [0.29, 0.717) is 15.7 Å². The Labute approximate surface area is 118 Å². The molecule has 0 aliphatic carbocycles. The van der Waals surface area contributed by atoms with Crippen molar-refractivity contribution >= 4 is 27.5 Å². The second kappa shape index (κ2) is 5.90. The average Bonchev–Trinajstić information content (AvgIpc) is 2.43. The summed E-state index contributed by atoms with van der Waals surface area (Å²) in [5.74, 6) is -0.918. The van der Waals surface area contributed by atoms with Crippen molar-refractivity contribution in [2.75, 3.05) is 5.32 Å². The van der Waals surface area contributed by atoms with Gasteiger partial charge in [0.05, 0.1) is 11.4 Å². The van der Waals surface area contributed by atoms with Crippen LogP contribution < -0.4 is 11.1 Å². The Balaban J connectivity index is 2.25. The number of hydrogen-bond acceptors (Lipinski definition) is 3. The molecule has 0 spiro atoms. The van der Waals surface area contributed by atoms with Crippen LogP contribution in [0.5, 0.6) is 0 Å². The van der Waals surface area contributed by atoms with E-state index in [9.17, 15) is 9.18 Å². The number of nitrogens with two attached hydrogens (primary N) is 1. The van der Waals surface area contributed by atoms with E-state index < -0.39 is 11.7 Å². The maximum absolute atomic E-state index is 13.6. The fraction of sp³-hybridized carbons (Fsp3) is 0.0769. The zero-order chi connectivity index (χ0) is 13.8. The molecule has 2 rings (SSSR count). The summed E-state index contributed by atoms with van der Waals surface area (Å²) in [5, 5.41) is 2.52. The number of nitrogens with zero attached hydrogens (tertiary/aromatic N) is 1. The van der Waals surface area contributed by atoms with Gasteiger partial charge >= 0.3 is 0 Å². The van der Waals surface area contributed by atoms with E-state index in [1.807, 2.05) is 0 Å². The monoisotopic (exact) mass is 323 g/mol. The molecule has 0 aliphatic rings. The molecule has 19 heavy (non-hydrogen) atoms. The lowest BCUT2D eigenvalue weighted by Crippen LogP contribution is -2.14. The third-order valence-corrected chi connectivity index (χ3v) is 3.15. The molecule has 0 unspecified atom stereocenters. The number of aromatic nitrogens is 1. The molecule has 98 valence electrons. The minimum Gasteiger partial charge on any atom is -0.325 e. The van der Waals surface area contributed by atoms with Gasteiger partial charge < -0.3 is 11.1 Å². The van der Waals surface area contributed by atoms with E-state index in [1.165, 1.54) is 12.3 Å². The zero-order valence-corrected chi connectivity index (χ0v) is 11.4. The molecule has 0 fully saturated rings. The van der Waals surface area contributed by atoms with Gasteiger partial charge in [0.2, 0.25) is 0 Å². The molecule has 1 heterocycles. The highest BCUT2D eigenvalue weighted by Gasteiger charge is 2.12. The van der Waals surface area contributed by atoms with Gasteiger partial charge in [0.1, 0.15) is 5.82 Å². The van der Waals surface area contributed by atoms with Crippen LogP contribution in [0.2, 0.25) is 0 Å². The second-order valence-electron chi connectivity index (χ2n) is 3.79. The van der Waals surface area contributed by atoms with E-state index in [-0.39, 0.29) is 12.2 Å².